The molecule has 2 heterocycles. The molecule has 35 heavy (non-hydrogen) atoms. The number of rotatable bonds is 7. The van der Waals surface area contributed by atoms with Crippen LogP contribution in [0, 0.1) is 11.3 Å². The van der Waals surface area contributed by atoms with Crippen LogP contribution >= 0.6 is 33.4 Å². The Morgan fingerprint density at radius 3 is 2.14 bits per heavy atom. The maximum atomic E-state index is 13.2. The summed E-state index contributed by atoms with van der Waals surface area (Å²) in [7, 11) is -14.2. The van der Waals surface area contributed by atoms with Crippen molar-refractivity contribution in [1.29, 1.82) is 5.26 Å². The Morgan fingerprint density at radius 2 is 1.69 bits per heavy atom. The molecule has 8 nitrogen and oxygen atoms in total. The van der Waals surface area contributed by atoms with E-state index in [2.05, 4.69) is 10.1 Å². The van der Waals surface area contributed by atoms with Gasteiger partial charge in [-0.15, -0.1) is 0 Å². The number of nitrogens with two attached hydrogens (primary N) is 1. The van der Waals surface area contributed by atoms with Gasteiger partial charge in [0.2, 0.25) is 10.0 Å². The highest BCUT2D eigenvalue weighted by Crippen LogP contribution is 3.02. The highest BCUT2D eigenvalue weighted by Gasteiger charge is 2.65. The highest BCUT2D eigenvalue weighted by molar-refractivity contribution is 8.45. The van der Waals surface area contributed by atoms with Crippen LogP contribution in [-0.2, 0) is 16.4 Å². The van der Waals surface area contributed by atoms with Crippen LogP contribution in [0.25, 0.3) is 5.69 Å². The van der Waals surface area contributed by atoms with E-state index in [1.807, 2.05) is 0 Å². The van der Waals surface area contributed by atoms with Crippen LogP contribution in [0.15, 0.2) is 41.6 Å². The Kier molecular flexibility index (Phi) is 6.22. The van der Waals surface area contributed by atoms with Gasteiger partial charge in [0.15, 0.2) is 11.5 Å². The molecule has 0 aliphatic carbocycles. The summed E-state index contributed by atoms with van der Waals surface area (Å²) < 4.78 is 92.6. The van der Waals surface area contributed by atoms with Crippen molar-refractivity contribution in [3.63, 3.8) is 0 Å². The molecule has 0 bridgehead atoms. The Balaban J connectivity index is 2.17. The smallest absolute Gasteiger partial charge is 0.310 e. The van der Waals surface area contributed by atoms with Crippen molar-refractivity contribution in [1.82, 2.24) is 14.8 Å². The molecule has 0 saturated carbocycles. The summed E-state index contributed by atoms with van der Waals surface area (Å²) >= 11 is 11.7. The SMILES string of the molecule is CS(=O)(=O)N(CCc1ccncc1)c1c(C#N)nn(-c2c(Cl)cc(S(F)(F)(F)(F)F)cc2Cl)c1N. The summed E-state index contributed by atoms with van der Waals surface area (Å²) in [5, 5.41) is 11.5. The monoisotopic (exact) mass is 576 g/mol. The second-order valence-corrected chi connectivity index (χ2v) is 12.4. The van der Waals surface area contributed by atoms with E-state index in [1.165, 1.54) is 12.4 Å². The molecule has 0 amide bonds. The van der Waals surface area contributed by atoms with Gasteiger partial charge in [-0.25, -0.2) is 13.1 Å². The zero-order valence-electron chi connectivity index (χ0n) is 17.5. The molecule has 0 radical (unpaired) electrons. The van der Waals surface area contributed by atoms with E-state index in [4.69, 9.17) is 28.9 Å². The van der Waals surface area contributed by atoms with Gasteiger partial charge in [0.05, 0.1) is 16.3 Å². The molecule has 3 rings (SSSR count). The summed E-state index contributed by atoms with van der Waals surface area (Å²) in [6, 6.07) is 4.84. The molecule has 0 unspecified atom stereocenters. The van der Waals surface area contributed by atoms with Gasteiger partial charge in [0.1, 0.15) is 22.3 Å². The second kappa shape index (κ2) is 8.12. The first-order valence-corrected chi connectivity index (χ1v) is 13.8. The van der Waals surface area contributed by atoms with E-state index < -0.39 is 52.4 Å². The van der Waals surface area contributed by atoms with Crippen LogP contribution in [0.3, 0.4) is 0 Å². The lowest BCUT2D eigenvalue weighted by atomic mass is 10.2. The lowest BCUT2D eigenvalue weighted by Crippen LogP contribution is -2.33. The van der Waals surface area contributed by atoms with Crippen molar-refractivity contribution < 1.29 is 27.8 Å². The minimum absolute atomic E-state index is 0.0467. The predicted molar refractivity (Wildman–Crippen MR) is 124 cm³/mol. The Bertz CT molecular complexity index is 1440. The number of nitriles is 1. The van der Waals surface area contributed by atoms with E-state index in [0.29, 0.717) is 10.2 Å². The minimum Gasteiger partial charge on any atom is -0.382 e. The summed E-state index contributed by atoms with van der Waals surface area (Å²) in [5.74, 6) is -0.523. The maximum absolute atomic E-state index is 13.2. The first-order valence-electron chi connectivity index (χ1n) is 9.22. The molecular formula is C18H15Cl2F5N6O2S2. The van der Waals surface area contributed by atoms with E-state index in [0.717, 1.165) is 10.6 Å². The zero-order valence-corrected chi connectivity index (χ0v) is 20.6. The third-order valence-corrected chi connectivity index (χ3v) is 7.52. The molecule has 0 aliphatic rings. The van der Waals surface area contributed by atoms with Crippen molar-refractivity contribution in [2.75, 3.05) is 22.8 Å². The second-order valence-electron chi connectivity index (χ2n) is 7.25. The van der Waals surface area contributed by atoms with Crippen molar-refractivity contribution in [2.45, 2.75) is 11.3 Å². The topological polar surface area (TPSA) is 118 Å². The van der Waals surface area contributed by atoms with Gasteiger partial charge in [0.25, 0.3) is 0 Å². The fourth-order valence-corrected chi connectivity index (χ4v) is 5.50. The molecule has 190 valence electrons. The average Bonchev–Trinajstić information content (AvgIpc) is 3.02. The number of anilines is 2. The molecule has 2 aromatic heterocycles. The fourth-order valence-electron chi connectivity index (χ4n) is 3.11. The molecule has 2 N–H and O–H groups in total. The van der Waals surface area contributed by atoms with Crippen LogP contribution < -0.4 is 10.0 Å². The predicted octanol–water partition coefficient (Wildman–Crippen LogP) is 5.69. The van der Waals surface area contributed by atoms with E-state index in [-0.39, 0.29) is 30.8 Å². The zero-order chi connectivity index (χ0) is 26.5. The lowest BCUT2D eigenvalue weighted by molar-refractivity contribution is 0.364. The van der Waals surface area contributed by atoms with Crippen LogP contribution in [0.5, 0.6) is 0 Å². The number of nitrogen functional groups attached to an aromatic ring is 1. The Hall–Kier alpha value is -2.80. The van der Waals surface area contributed by atoms with Crippen molar-refractivity contribution in [3.05, 3.63) is 58.0 Å². The van der Waals surface area contributed by atoms with Gasteiger partial charge >= 0.3 is 10.2 Å². The molecule has 0 atom stereocenters. The largest absolute Gasteiger partial charge is 0.382 e. The fraction of sp³-hybridized carbons (Fsp3) is 0.167. The quantitative estimate of drug-likeness (QED) is 0.361. The average molecular weight is 577 g/mol. The Labute approximate surface area is 206 Å². The standard InChI is InChI=1S/C18H15Cl2F5N6O2S2/c1-34(32,33)30(7-4-11-2-5-28-6-3-11)17-15(10-26)29-31(18(17)27)16-13(19)8-12(9-14(16)20)35(21,22,23,24)25/h2-3,5-6,8-9H,4,7,27H2,1H3. The van der Waals surface area contributed by atoms with Crippen LogP contribution in [0.2, 0.25) is 10.0 Å². The third-order valence-electron chi connectivity index (χ3n) is 4.65. The summed E-state index contributed by atoms with van der Waals surface area (Å²) in [6.07, 6.45) is 4.01. The number of nitrogens with zero attached hydrogens (tertiary/aromatic N) is 5. The van der Waals surface area contributed by atoms with Gasteiger partial charge < -0.3 is 5.73 Å². The molecule has 0 fully saturated rings. The number of aromatic nitrogens is 3. The number of sulfonamides is 1. The van der Waals surface area contributed by atoms with Crippen molar-refractivity contribution in [3.8, 4) is 11.8 Å². The van der Waals surface area contributed by atoms with E-state index >= 15 is 0 Å². The first kappa shape index (κ1) is 26.8. The van der Waals surface area contributed by atoms with Crippen LogP contribution in [0.1, 0.15) is 11.3 Å². The van der Waals surface area contributed by atoms with Gasteiger partial charge in [-0.05, 0) is 36.2 Å². The summed E-state index contributed by atoms with van der Waals surface area (Å²) in [4.78, 5) is 1.51. The Morgan fingerprint density at radius 1 is 1.14 bits per heavy atom. The summed E-state index contributed by atoms with van der Waals surface area (Å²) in [6.45, 7) is -0.196. The number of hydrogen-bond acceptors (Lipinski definition) is 6. The van der Waals surface area contributed by atoms with E-state index in [1.54, 1.807) is 18.2 Å². The molecule has 17 heteroatoms. The number of halogens is 7. The molecular weight excluding hydrogens is 562 g/mol. The molecule has 0 spiro atoms. The number of benzene rings is 1. The molecule has 1 aromatic carbocycles. The maximum Gasteiger partial charge on any atom is 0.310 e. The third kappa shape index (κ3) is 5.72. The van der Waals surface area contributed by atoms with E-state index in [9.17, 15) is 33.1 Å². The van der Waals surface area contributed by atoms with Crippen molar-refractivity contribution in [2.24, 2.45) is 0 Å². The van der Waals surface area contributed by atoms with Gasteiger partial charge in [-0.3, -0.25) is 9.29 Å². The molecule has 0 saturated heterocycles. The lowest BCUT2D eigenvalue weighted by Gasteiger charge is -2.40. The highest BCUT2D eigenvalue weighted by atomic mass is 35.5. The number of hydrogen-bond donors (Lipinski definition) is 1. The van der Waals surface area contributed by atoms with Crippen molar-refractivity contribution >= 4 is 55.0 Å². The van der Waals surface area contributed by atoms with Gasteiger partial charge in [-0.1, -0.05) is 42.6 Å². The molecule has 0 aliphatic heterocycles. The van der Waals surface area contributed by atoms with Crippen LogP contribution in [0.4, 0.5) is 30.9 Å². The normalized spacial score (nSPS) is 14.1. The van der Waals surface area contributed by atoms with Crippen LogP contribution in [-0.4, -0.2) is 36.0 Å². The van der Waals surface area contributed by atoms with Gasteiger partial charge in [0, 0.05) is 18.9 Å². The molecule has 3 aromatic rings. The van der Waals surface area contributed by atoms with Gasteiger partial charge in [-0.2, -0.15) is 10.4 Å². The number of pyridine rings is 1. The summed E-state index contributed by atoms with van der Waals surface area (Å²) in [5.41, 5.74) is 5.29. The minimum atomic E-state index is -10.1. The first-order chi connectivity index (χ1) is 15.8.